The number of rotatable bonds is 5. The van der Waals surface area contributed by atoms with E-state index in [2.05, 4.69) is 10.6 Å². The summed E-state index contributed by atoms with van der Waals surface area (Å²) in [6, 6.07) is 10.7. The van der Waals surface area contributed by atoms with Crippen LogP contribution in [0.25, 0.3) is 0 Å². The maximum absolute atomic E-state index is 13.7. The van der Waals surface area contributed by atoms with Gasteiger partial charge in [0.2, 0.25) is 5.91 Å². The molecule has 0 aromatic heterocycles. The Balaban J connectivity index is 1.57. The Morgan fingerprint density at radius 3 is 2.68 bits per heavy atom. The minimum atomic E-state index is -0.654. The molecule has 7 nitrogen and oxygen atoms in total. The van der Waals surface area contributed by atoms with Gasteiger partial charge in [0.15, 0.2) is 0 Å². The Labute approximate surface area is 182 Å². The molecular weight excluding hydrogens is 421 g/mol. The molecule has 2 N–H and O–H groups in total. The van der Waals surface area contributed by atoms with Gasteiger partial charge in [0.05, 0.1) is 17.3 Å². The van der Waals surface area contributed by atoms with Gasteiger partial charge in [-0.2, -0.15) is 0 Å². The summed E-state index contributed by atoms with van der Waals surface area (Å²) < 4.78 is 18.9. The molecule has 0 radical (unpaired) electrons. The number of ether oxygens (including phenoxy) is 1. The van der Waals surface area contributed by atoms with Gasteiger partial charge < -0.3 is 15.4 Å². The highest BCUT2D eigenvalue weighted by molar-refractivity contribution is 7.98. The summed E-state index contributed by atoms with van der Waals surface area (Å²) in [6.07, 6.45) is 1.96. The van der Waals surface area contributed by atoms with E-state index in [1.165, 1.54) is 11.0 Å². The number of cyclic esters (lactones) is 1. The smallest absolute Gasteiger partial charge is 0.338 e. The minimum Gasteiger partial charge on any atom is -0.456 e. The summed E-state index contributed by atoms with van der Waals surface area (Å²) in [6.45, 7) is 1.19. The Kier molecular flexibility index (Phi) is 5.69. The standard InChI is InChI=1S/C22H20FN3O4S/c1-12-3-6-14(9-16(12)23)24-18(27)10-26-17-11-30-21(28)19(17)20(25-22(26)29)13-4-7-15(31-2)8-5-13/h3-9,20H,10-11H2,1-2H3,(H,24,27)(H,25,29)/t20-/m0/s1. The van der Waals surface area contributed by atoms with Crippen molar-refractivity contribution in [1.29, 1.82) is 0 Å². The quantitative estimate of drug-likeness (QED) is 0.549. The third kappa shape index (κ3) is 4.13. The van der Waals surface area contributed by atoms with Crippen LogP contribution in [0.15, 0.2) is 58.6 Å². The molecule has 0 unspecified atom stereocenters. The molecule has 2 aliphatic rings. The first-order valence-corrected chi connectivity index (χ1v) is 10.8. The molecule has 160 valence electrons. The van der Waals surface area contributed by atoms with Crippen molar-refractivity contribution in [2.75, 3.05) is 24.7 Å². The van der Waals surface area contributed by atoms with Crippen LogP contribution in [0, 0.1) is 12.7 Å². The summed E-state index contributed by atoms with van der Waals surface area (Å²) in [5, 5.41) is 5.36. The number of amides is 3. The number of carbonyl (C=O) groups is 3. The van der Waals surface area contributed by atoms with E-state index in [0.717, 1.165) is 10.5 Å². The van der Waals surface area contributed by atoms with Gasteiger partial charge in [-0.15, -0.1) is 11.8 Å². The monoisotopic (exact) mass is 441 g/mol. The van der Waals surface area contributed by atoms with Crippen LogP contribution in [0.1, 0.15) is 17.2 Å². The Bertz CT molecular complexity index is 1100. The van der Waals surface area contributed by atoms with Crippen LogP contribution >= 0.6 is 11.8 Å². The van der Waals surface area contributed by atoms with Gasteiger partial charge in [-0.25, -0.2) is 14.0 Å². The first-order valence-electron chi connectivity index (χ1n) is 9.55. The fourth-order valence-corrected chi connectivity index (χ4v) is 3.95. The molecule has 0 aliphatic carbocycles. The highest BCUT2D eigenvalue weighted by Gasteiger charge is 2.42. The van der Waals surface area contributed by atoms with Gasteiger partial charge in [0.25, 0.3) is 0 Å². The lowest BCUT2D eigenvalue weighted by Gasteiger charge is -2.32. The molecule has 9 heteroatoms. The average Bonchev–Trinajstić information content (AvgIpc) is 3.14. The maximum atomic E-state index is 13.7. The number of aryl methyl sites for hydroxylation is 1. The Morgan fingerprint density at radius 1 is 1.26 bits per heavy atom. The second-order valence-electron chi connectivity index (χ2n) is 7.19. The summed E-state index contributed by atoms with van der Waals surface area (Å²) in [4.78, 5) is 40.0. The number of nitrogens with one attached hydrogen (secondary N) is 2. The molecule has 0 fully saturated rings. The molecule has 4 rings (SSSR count). The van der Waals surface area contributed by atoms with E-state index in [4.69, 9.17) is 4.74 Å². The van der Waals surface area contributed by atoms with Gasteiger partial charge in [-0.1, -0.05) is 18.2 Å². The SMILES string of the molecule is CSc1ccc([C@@H]2NC(=O)N(CC(=O)Nc3ccc(C)c(F)c3)C3=C2C(=O)OC3)cc1. The molecule has 0 bridgehead atoms. The molecule has 2 aliphatic heterocycles. The van der Waals surface area contributed by atoms with Crippen LogP contribution in [0.5, 0.6) is 0 Å². The molecule has 0 spiro atoms. The second kappa shape index (κ2) is 8.43. The van der Waals surface area contributed by atoms with E-state index in [0.29, 0.717) is 16.8 Å². The molecular formula is C22H20FN3O4S. The zero-order valence-corrected chi connectivity index (χ0v) is 17.7. The Hall–Kier alpha value is -3.33. The van der Waals surface area contributed by atoms with E-state index in [-0.39, 0.29) is 18.8 Å². The third-order valence-electron chi connectivity index (χ3n) is 5.20. The summed E-state index contributed by atoms with van der Waals surface area (Å²) in [7, 11) is 0. The van der Waals surface area contributed by atoms with E-state index in [1.807, 2.05) is 30.5 Å². The molecule has 1 atom stereocenters. The van der Waals surface area contributed by atoms with Crippen LogP contribution in [-0.2, 0) is 14.3 Å². The van der Waals surface area contributed by atoms with Crippen molar-refractivity contribution in [1.82, 2.24) is 10.2 Å². The van der Waals surface area contributed by atoms with E-state index in [9.17, 15) is 18.8 Å². The normalized spacial score (nSPS) is 17.9. The maximum Gasteiger partial charge on any atom is 0.338 e. The number of nitrogens with zero attached hydrogens (tertiary/aromatic N) is 1. The van der Waals surface area contributed by atoms with Crippen molar-refractivity contribution < 1.29 is 23.5 Å². The lowest BCUT2D eigenvalue weighted by molar-refractivity contribution is -0.136. The number of carbonyl (C=O) groups excluding carboxylic acids is 3. The van der Waals surface area contributed by atoms with Crippen molar-refractivity contribution >= 4 is 35.4 Å². The highest BCUT2D eigenvalue weighted by atomic mass is 32.2. The van der Waals surface area contributed by atoms with Crippen molar-refractivity contribution in [2.45, 2.75) is 17.9 Å². The minimum absolute atomic E-state index is 0.0899. The predicted molar refractivity (Wildman–Crippen MR) is 114 cm³/mol. The number of hydrogen-bond acceptors (Lipinski definition) is 5. The first kappa shape index (κ1) is 20.9. The van der Waals surface area contributed by atoms with Crippen LogP contribution in [-0.4, -0.2) is 42.2 Å². The van der Waals surface area contributed by atoms with Crippen molar-refractivity contribution in [3.05, 3.63) is 70.7 Å². The summed E-state index contributed by atoms with van der Waals surface area (Å²) >= 11 is 1.59. The van der Waals surface area contributed by atoms with E-state index in [1.54, 1.807) is 30.8 Å². The van der Waals surface area contributed by atoms with Crippen LogP contribution < -0.4 is 10.6 Å². The lowest BCUT2D eigenvalue weighted by Crippen LogP contribution is -2.49. The number of thioether (sulfide) groups is 1. The van der Waals surface area contributed by atoms with Gasteiger partial charge in [-0.05, 0) is 48.6 Å². The topological polar surface area (TPSA) is 87.7 Å². The first-order chi connectivity index (χ1) is 14.9. The molecule has 31 heavy (non-hydrogen) atoms. The highest BCUT2D eigenvalue weighted by Crippen LogP contribution is 2.35. The number of anilines is 1. The van der Waals surface area contributed by atoms with Crippen molar-refractivity contribution in [3.63, 3.8) is 0 Å². The Morgan fingerprint density at radius 2 is 2.00 bits per heavy atom. The number of esters is 1. The average molecular weight is 441 g/mol. The lowest BCUT2D eigenvalue weighted by atomic mass is 9.96. The van der Waals surface area contributed by atoms with Crippen LogP contribution in [0.2, 0.25) is 0 Å². The van der Waals surface area contributed by atoms with Crippen molar-refractivity contribution in [3.8, 4) is 0 Å². The van der Waals surface area contributed by atoms with E-state index >= 15 is 0 Å². The van der Waals surface area contributed by atoms with Gasteiger partial charge in [-0.3, -0.25) is 9.69 Å². The number of benzene rings is 2. The number of hydrogen-bond donors (Lipinski definition) is 2. The third-order valence-corrected chi connectivity index (χ3v) is 5.95. The van der Waals surface area contributed by atoms with Crippen LogP contribution in [0.4, 0.5) is 14.9 Å². The van der Waals surface area contributed by atoms with Crippen molar-refractivity contribution in [2.24, 2.45) is 0 Å². The summed E-state index contributed by atoms with van der Waals surface area (Å²) in [5.74, 6) is -1.49. The predicted octanol–water partition coefficient (Wildman–Crippen LogP) is 3.37. The fraction of sp³-hybridized carbons (Fsp3) is 0.227. The van der Waals surface area contributed by atoms with Crippen LogP contribution in [0.3, 0.4) is 0 Å². The molecule has 3 amide bonds. The van der Waals surface area contributed by atoms with Gasteiger partial charge >= 0.3 is 12.0 Å². The molecule has 2 aromatic carbocycles. The zero-order chi connectivity index (χ0) is 22.1. The molecule has 0 saturated heterocycles. The molecule has 0 saturated carbocycles. The number of urea groups is 1. The fourth-order valence-electron chi connectivity index (χ4n) is 3.54. The van der Waals surface area contributed by atoms with Gasteiger partial charge in [0.1, 0.15) is 19.0 Å². The zero-order valence-electron chi connectivity index (χ0n) is 16.9. The summed E-state index contributed by atoms with van der Waals surface area (Å²) in [5.41, 5.74) is 2.16. The number of halogens is 1. The second-order valence-corrected chi connectivity index (χ2v) is 8.07. The largest absolute Gasteiger partial charge is 0.456 e. The molecule has 2 heterocycles. The van der Waals surface area contributed by atoms with E-state index < -0.39 is 29.8 Å². The molecule has 2 aromatic rings. The van der Waals surface area contributed by atoms with Gasteiger partial charge in [0, 0.05) is 10.6 Å².